The van der Waals surface area contributed by atoms with Crippen LogP contribution in [0.4, 0.5) is 0 Å². The summed E-state index contributed by atoms with van der Waals surface area (Å²) in [6.07, 6.45) is 8.17. The molecular formula is C14H10N2S. The maximum absolute atomic E-state index is 4.24. The van der Waals surface area contributed by atoms with Crippen molar-refractivity contribution in [2.75, 3.05) is 5.75 Å². The van der Waals surface area contributed by atoms with Crippen LogP contribution in [0, 0.1) is 0 Å². The highest BCUT2D eigenvalue weighted by atomic mass is 32.2. The SMILES string of the molecule is C1=Cn2c3cnccc3c3cccc(c32)SC1. The standard InChI is InChI=1S/C14H10N2S/c1-3-11-10-5-6-15-9-12(10)16-7-2-8-17-13(4-1)14(11)16/h1-7,9H,8H2. The molecule has 82 valence electrons. The molecule has 2 aromatic heterocycles. The lowest BCUT2D eigenvalue weighted by molar-refractivity contribution is 1.23. The molecule has 1 aromatic carbocycles. The molecule has 0 radical (unpaired) electrons. The van der Waals surface area contributed by atoms with Crippen LogP contribution in [0.25, 0.3) is 28.0 Å². The van der Waals surface area contributed by atoms with Gasteiger partial charge < -0.3 is 4.57 Å². The Morgan fingerprint density at radius 2 is 2.18 bits per heavy atom. The molecule has 0 atom stereocenters. The van der Waals surface area contributed by atoms with E-state index in [-0.39, 0.29) is 0 Å². The molecule has 3 aromatic rings. The average Bonchev–Trinajstić information content (AvgIpc) is 2.56. The van der Waals surface area contributed by atoms with Gasteiger partial charge in [-0.3, -0.25) is 4.98 Å². The molecule has 4 rings (SSSR count). The summed E-state index contributed by atoms with van der Waals surface area (Å²) in [4.78, 5) is 5.59. The first-order valence-corrected chi connectivity index (χ1v) is 6.60. The van der Waals surface area contributed by atoms with E-state index in [0.29, 0.717) is 0 Å². The minimum absolute atomic E-state index is 1.03. The Morgan fingerprint density at radius 1 is 1.18 bits per heavy atom. The number of benzene rings is 1. The lowest BCUT2D eigenvalue weighted by Gasteiger charge is -2.01. The Kier molecular flexibility index (Phi) is 1.85. The Hall–Kier alpha value is -1.74. The zero-order valence-corrected chi connectivity index (χ0v) is 9.95. The molecular weight excluding hydrogens is 228 g/mol. The zero-order valence-electron chi connectivity index (χ0n) is 9.13. The Labute approximate surface area is 103 Å². The van der Waals surface area contributed by atoms with Crippen LogP contribution in [-0.4, -0.2) is 15.3 Å². The molecule has 0 fully saturated rings. The highest BCUT2D eigenvalue weighted by molar-refractivity contribution is 7.99. The quantitative estimate of drug-likeness (QED) is 0.593. The van der Waals surface area contributed by atoms with Gasteiger partial charge in [-0.2, -0.15) is 0 Å². The molecule has 1 aliphatic rings. The lowest BCUT2D eigenvalue weighted by Crippen LogP contribution is -1.85. The molecule has 17 heavy (non-hydrogen) atoms. The first kappa shape index (κ1) is 9.31. The summed E-state index contributed by atoms with van der Waals surface area (Å²) in [7, 11) is 0. The van der Waals surface area contributed by atoms with Gasteiger partial charge in [-0.15, -0.1) is 11.8 Å². The maximum Gasteiger partial charge on any atom is 0.0719 e. The Morgan fingerprint density at radius 3 is 3.18 bits per heavy atom. The van der Waals surface area contributed by atoms with Crippen molar-refractivity contribution in [1.82, 2.24) is 9.55 Å². The van der Waals surface area contributed by atoms with Crippen molar-refractivity contribution in [3.63, 3.8) is 0 Å². The second-order valence-electron chi connectivity index (χ2n) is 4.11. The van der Waals surface area contributed by atoms with Crippen LogP contribution in [0.2, 0.25) is 0 Å². The fourth-order valence-corrected chi connectivity index (χ4v) is 3.35. The van der Waals surface area contributed by atoms with Crippen molar-refractivity contribution in [2.45, 2.75) is 4.90 Å². The van der Waals surface area contributed by atoms with Gasteiger partial charge in [0, 0.05) is 33.8 Å². The van der Waals surface area contributed by atoms with Gasteiger partial charge in [0.15, 0.2) is 0 Å². The second kappa shape index (κ2) is 3.37. The average molecular weight is 238 g/mol. The molecule has 0 bridgehead atoms. The number of pyridine rings is 1. The first-order valence-electron chi connectivity index (χ1n) is 5.61. The minimum atomic E-state index is 1.03. The summed E-state index contributed by atoms with van der Waals surface area (Å²) in [5.41, 5.74) is 2.50. The van der Waals surface area contributed by atoms with Crippen molar-refractivity contribution in [2.24, 2.45) is 0 Å². The monoisotopic (exact) mass is 238 g/mol. The van der Waals surface area contributed by atoms with Crippen LogP contribution < -0.4 is 0 Å². The summed E-state index contributed by atoms with van der Waals surface area (Å²) in [6, 6.07) is 8.62. The third-order valence-corrected chi connectivity index (χ3v) is 4.18. The van der Waals surface area contributed by atoms with Crippen LogP contribution in [0.15, 0.2) is 47.6 Å². The van der Waals surface area contributed by atoms with Gasteiger partial charge in [0.1, 0.15) is 0 Å². The lowest BCUT2D eigenvalue weighted by atomic mass is 10.2. The number of hydrogen-bond acceptors (Lipinski definition) is 2. The Balaban J connectivity index is 2.35. The summed E-state index contributed by atoms with van der Waals surface area (Å²) in [5.74, 6) is 1.03. The topological polar surface area (TPSA) is 17.8 Å². The molecule has 3 heteroatoms. The summed E-state index contributed by atoms with van der Waals surface area (Å²) < 4.78 is 2.26. The van der Waals surface area contributed by atoms with Crippen molar-refractivity contribution < 1.29 is 0 Å². The van der Waals surface area contributed by atoms with E-state index >= 15 is 0 Å². The van der Waals surface area contributed by atoms with E-state index in [1.807, 2.05) is 24.2 Å². The zero-order chi connectivity index (χ0) is 11.2. The fraction of sp³-hybridized carbons (Fsp3) is 0.0714. The number of para-hydroxylation sites is 1. The molecule has 0 amide bonds. The number of aromatic nitrogens is 2. The van der Waals surface area contributed by atoms with Gasteiger partial charge in [-0.25, -0.2) is 0 Å². The van der Waals surface area contributed by atoms with Gasteiger partial charge in [0.25, 0.3) is 0 Å². The van der Waals surface area contributed by atoms with Crippen LogP contribution in [0.3, 0.4) is 0 Å². The van der Waals surface area contributed by atoms with Gasteiger partial charge in [-0.1, -0.05) is 18.2 Å². The number of fused-ring (bicyclic) bond motifs is 3. The van der Waals surface area contributed by atoms with Crippen LogP contribution >= 0.6 is 11.8 Å². The minimum Gasteiger partial charge on any atom is -0.314 e. The summed E-state index contributed by atoms with van der Waals surface area (Å²) >= 11 is 1.89. The number of rotatable bonds is 0. The van der Waals surface area contributed by atoms with E-state index in [1.165, 1.54) is 26.7 Å². The van der Waals surface area contributed by atoms with Crippen molar-refractivity contribution in [3.8, 4) is 0 Å². The molecule has 2 nitrogen and oxygen atoms in total. The number of thioether (sulfide) groups is 1. The Bertz CT molecular complexity index is 755. The largest absolute Gasteiger partial charge is 0.314 e. The van der Waals surface area contributed by atoms with Crippen molar-refractivity contribution in [1.29, 1.82) is 0 Å². The van der Waals surface area contributed by atoms with Gasteiger partial charge in [0.05, 0.1) is 17.2 Å². The van der Waals surface area contributed by atoms with E-state index in [9.17, 15) is 0 Å². The fourth-order valence-electron chi connectivity index (χ4n) is 2.47. The molecule has 0 saturated carbocycles. The highest BCUT2D eigenvalue weighted by Gasteiger charge is 2.13. The number of nitrogens with zero attached hydrogens (tertiary/aromatic N) is 2. The summed E-state index contributed by atoms with van der Waals surface area (Å²) in [6.45, 7) is 0. The van der Waals surface area contributed by atoms with E-state index < -0.39 is 0 Å². The molecule has 3 heterocycles. The number of hydrogen-bond donors (Lipinski definition) is 0. The van der Waals surface area contributed by atoms with Crippen LogP contribution in [0.1, 0.15) is 0 Å². The summed E-state index contributed by atoms with van der Waals surface area (Å²) in [5, 5.41) is 2.60. The normalized spacial score (nSPS) is 14.4. The highest BCUT2D eigenvalue weighted by Crippen LogP contribution is 2.36. The molecule has 0 N–H and O–H groups in total. The molecule has 0 aliphatic carbocycles. The van der Waals surface area contributed by atoms with Gasteiger partial charge in [0.2, 0.25) is 0 Å². The van der Waals surface area contributed by atoms with Crippen molar-refractivity contribution in [3.05, 3.63) is 42.7 Å². The van der Waals surface area contributed by atoms with Gasteiger partial charge in [-0.05, 0) is 12.1 Å². The second-order valence-corrected chi connectivity index (χ2v) is 5.17. The molecule has 0 saturated heterocycles. The van der Waals surface area contributed by atoms with E-state index in [4.69, 9.17) is 0 Å². The third-order valence-electron chi connectivity index (χ3n) is 3.18. The predicted molar refractivity (Wildman–Crippen MR) is 73.3 cm³/mol. The smallest absolute Gasteiger partial charge is 0.0719 e. The first-order chi connectivity index (χ1) is 8.45. The molecule has 0 unspecified atom stereocenters. The maximum atomic E-state index is 4.24. The van der Waals surface area contributed by atoms with Crippen LogP contribution in [0.5, 0.6) is 0 Å². The molecule has 1 aliphatic heterocycles. The van der Waals surface area contributed by atoms with E-state index in [2.05, 4.69) is 46.1 Å². The molecule has 0 spiro atoms. The van der Waals surface area contributed by atoms with E-state index in [0.717, 1.165) is 5.75 Å². The van der Waals surface area contributed by atoms with Gasteiger partial charge >= 0.3 is 0 Å². The van der Waals surface area contributed by atoms with Crippen LogP contribution in [-0.2, 0) is 0 Å². The predicted octanol–water partition coefficient (Wildman–Crippen LogP) is 3.77. The third kappa shape index (κ3) is 1.20. The van der Waals surface area contributed by atoms with E-state index in [1.54, 1.807) is 0 Å². The van der Waals surface area contributed by atoms with Crippen molar-refractivity contribution >= 4 is 39.8 Å².